The molecule has 0 bridgehead atoms. The second kappa shape index (κ2) is 6.02. The van der Waals surface area contributed by atoms with Gasteiger partial charge in [-0.3, -0.25) is 0 Å². The summed E-state index contributed by atoms with van der Waals surface area (Å²) >= 11 is 1.82. The topological polar surface area (TPSA) is 24.9 Å². The fourth-order valence-electron chi connectivity index (χ4n) is 2.92. The van der Waals surface area contributed by atoms with Crippen LogP contribution in [0, 0.1) is 5.92 Å². The van der Waals surface area contributed by atoms with Crippen molar-refractivity contribution >= 4 is 21.6 Å². The lowest BCUT2D eigenvalue weighted by molar-refractivity contribution is 0.447. The number of aromatic nitrogens is 1. The van der Waals surface area contributed by atoms with E-state index in [-0.39, 0.29) is 0 Å². The first-order valence-corrected chi connectivity index (χ1v) is 8.21. The Bertz CT molecular complexity index is 501. The Morgan fingerprint density at radius 3 is 3.00 bits per heavy atom. The molecule has 0 spiro atoms. The summed E-state index contributed by atoms with van der Waals surface area (Å²) in [5.41, 5.74) is 1.14. The van der Waals surface area contributed by atoms with Crippen molar-refractivity contribution in [1.82, 2.24) is 10.3 Å². The van der Waals surface area contributed by atoms with Crippen LogP contribution in [-0.4, -0.2) is 11.0 Å². The van der Waals surface area contributed by atoms with Gasteiger partial charge in [0.05, 0.1) is 10.2 Å². The molecule has 19 heavy (non-hydrogen) atoms. The third kappa shape index (κ3) is 3.34. The quantitative estimate of drug-likeness (QED) is 0.841. The maximum atomic E-state index is 4.69. The minimum atomic E-state index is 0.692. The first kappa shape index (κ1) is 13.1. The van der Waals surface area contributed by atoms with Crippen LogP contribution in [0.1, 0.15) is 44.0 Å². The van der Waals surface area contributed by atoms with Crippen LogP contribution in [0.4, 0.5) is 0 Å². The van der Waals surface area contributed by atoms with Crippen molar-refractivity contribution in [2.75, 3.05) is 0 Å². The van der Waals surface area contributed by atoms with Crippen LogP contribution in [0.2, 0.25) is 0 Å². The Balaban J connectivity index is 1.59. The Hall–Kier alpha value is -0.930. The Kier molecular flexibility index (Phi) is 4.14. The molecular weight excluding hydrogens is 252 g/mol. The van der Waals surface area contributed by atoms with Crippen molar-refractivity contribution in [2.45, 2.75) is 51.6 Å². The van der Waals surface area contributed by atoms with Crippen molar-refractivity contribution in [3.63, 3.8) is 0 Å². The third-order valence-electron chi connectivity index (χ3n) is 4.14. The molecule has 1 saturated carbocycles. The maximum Gasteiger partial charge on any atom is 0.108 e. The van der Waals surface area contributed by atoms with Gasteiger partial charge in [0.25, 0.3) is 0 Å². The molecule has 1 aromatic heterocycles. The number of benzene rings is 1. The standard InChI is InChI=1S/C16H22N2S/c1-12-5-4-6-13(10-9-12)17-11-16-18-14-7-2-3-8-15(14)19-16/h2-3,7-8,12-13,17H,4-6,9-11H2,1H3. The number of nitrogens with zero attached hydrogens (tertiary/aromatic N) is 1. The van der Waals surface area contributed by atoms with Gasteiger partial charge in [0.15, 0.2) is 0 Å². The van der Waals surface area contributed by atoms with Crippen LogP contribution in [0.5, 0.6) is 0 Å². The smallest absolute Gasteiger partial charge is 0.108 e. The molecule has 2 aromatic rings. The van der Waals surface area contributed by atoms with E-state index in [9.17, 15) is 0 Å². The predicted octanol–water partition coefficient (Wildman–Crippen LogP) is 4.35. The Morgan fingerprint density at radius 2 is 2.11 bits per heavy atom. The van der Waals surface area contributed by atoms with E-state index in [1.54, 1.807) is 0 Å². The maximum absolute atomic E-state index is 4.69. The molecule has 102 valence electrons. The summed E-state index contributed by atoms with van der Waals surface area (Å²) < 4.78 is 1.30. The van der Waals surface area contributed by atoms with Crippen molar-refractivity contribution in [2.24, 2.45) is 5.92 Å². The molecule has 0 amide bonds. The van der Waals surface area contributed by atoms with E-state index in [1.165, 1.54) is 41.8 Å². The van der Waals surface area contributed by atoms with Crippen LogP contribution in [0.15, 0.2) is 24.3 Å². The molecule has 3 rings (SSSR count). The molecule has 3 heteroatoms. The second-order valence-electron chi connectivity index (χ2n) is 5.77. The van der Waals surface area contributed by atoms with Gasteiger partial charge in [-0.1, -0.05) is 31.9 Å². The lowest BCUT2D eigenvalue weighted by Gasteiger charge is -2.15. The van der Waals surface area contributed by atoms with Crippen molar-refractivity contribution < 1.29 is 0 Å². The normalized spacial score (nSPS) is 24.5. The number of nitrogens with one attached hydrogen (secondary N) is 1. The highest BCUT2D eigenvalue weighted by atomic mass is 32.1. The zero-order valence-corrected chi connectivity index (χ0v) is 12.4. The number of rotatable bonds is 3. The van der Waals surface area contributed by atoms with E-state index < -0.39 is 0 Å². The summed E-state index contributed by atoms with van der Waals surface area (Å²) in [5.74, 6) is 0.911. The highest BCUT2D eigenvalue weighted by Crippen LogP contribution is 2.24. The second-order valence-corrected chi connectivity index (χ2v) is 6.88. The molecule has 1 heterocycles. The summed E-state index contributed by atoms with van der Waals surface area (Å²) in [6.07, 6.45) is 6.80. The van der Waals surface area contributed by atoms with Gasteiger partial charge in [-0.15, -0.1) is 11.3 Å². The van der Waals surface area contributed by atoms with Crippen molar-refractivity contribution in [3.05, 3.63) is 29.3 Å². The number of para-hydroxylation sites is 1. The summed E-state index contributed by atoms with van der Waals surface area (Å²) in [4.78, 5) is 4.69. The Labute approximate surface area is 119 Å². The van der Waals surface area contributed by atoms with E-state index in [0.717, 1.165) is 18.0 Å². The first-order chi connectivity index (χ1) is 9.31. The van der Waals surface area contributed by atoms with Gasteiger partial charge in [-0.05, 0) is 37.3 Å². The van der Waals surface area contributed by atoms with Crippen molar-refractivity contribution in [1.29, 1.82) is 0 Å². The van der Waals surface area contributed by atoms with E-state index >= 15 is 0 Å². The molecule has 1 aliphatic rings. The number of hydrogen-bond donors (Lipinski definition) is 1. The molecule has 0 aliphatic heterocycles. The first-order valence-electron chi connectivity index (χ1n) is 7.39. The molecule has 1 N–H and O–H groups in total. The molecular formula is C16H22N2S. The van der Waals surface area contributed by atoms with Gasteiger partial charge in [0.2, 0.25) is 0 Å². The molecule has 2 nitrogen and oxygen atoms in total. The highest BCUT2D eigenvalue weighted by molar-refractivity contribution is 7.18. The predicted molar refractivity (Wildman–Crippen MR) is 82.5 cm³/mol. The van der Waals surface area contributed by atoms with E-state index in [2.05, 4.69) is 36.5 Å². The molecule has 1 fully saturated rings. The van der Waals surface area contributed by atoms with E-state index in [4.69, 9.17) is 4.98 Å². The van der Waals surface area contributed by atoms with Crippen LogP contribution >= 0.6 is 11.3 Å². The van der Waals surface area contributed by atoms with E-state index in [0.29, 0.717) is 6.04 Å². The lowest BCUT2D eigenvalue weighted by atomic mass is 10.0. The van der Waals surface area contributed by atoms with Gasteiger partial charge in [0, 0.05) is 12.6 Å². The van der Waals surface area contributed by atoms with Crippen molar-refractivity contribution in [3.8, 4) is 0 Å². The monoisotopic (exact) mass is 274 g/mol. The zero-order valence-electron chi connectivity index (χ0n) is 11.6. The van der Waals surface area contributed by atoms with Gasteiger partial charge in [-0.25, -0.2) is 4.98 Å². The SMILES string of the molecule is CC1CCCC(NCc2nc3ccccc3s2)CC1. The average molecular weight is 274 g/mol. The van der Waals surface area contributed by atoms with Gasteiger partial charge < -0.3 is 5.32 Å². The fraction of sp³-hybridized carbons (Fsp3) is 0.562. The summed E-state index contributed by atoms with van der Waals surface area (Å²) in [7, 11) is 0. The van der Waals surface area contributed by atoms with Gasteiger partial charge in [-0.2, -0.15) is 0 Å². The summed E-state index contributed by atoms with van der Waals surface area (Å²) in [6.45, 7) is 3.31. The van der Waals surface area contributed by atoms with E-state index in [1.807, 2.05) is 11.3 Å². The highest BCUT2D eigenvalue weighted by Gasteiger charge is 2.16. The summed E-state index contributed by atoms with van der Waals surface area (Å²) in [5, 5.41) is 4.93. The average Bonchev–Trinajstić information content (AvgIpc) is 2.72. The van der Waals surface area contributed by atoms with Gasteiger partial charge >= 0.3 is 0 Å². The molecule has 2 unspecified atom stereocenters. The lowest BCUT2D eigenvalue weighted by Crippen LogP contribution is -2.27. The minimum absolute atomic E-state index is 0.692. The molecule has 1 aliphatic carbocycles. The van der Waals surface area contributed by atoms with Crippen LogP contribution in [0.3, 0.4) is 0 Å². The molecule has 2 atom stereocenters. The van der Waals surface area contributed by atoms with Crippen LogP contribution in [0.25, 0.3) is 10.2 Å². The zero-order chi connectivity index (χ0) is 13.1. The largest absolute Gasteiger partial charge is 0.308 e. The number of fused-ring (bicyclic) bond motifs is 1. The molecule has 1 aromatic carbocycles. The summed E-state index contributed by atoms with van der Waals surface area (Å²) in [6, 6.07) is 9.10. The fourth-order valence-corrected chi connectivity index (χ4v) is 3.84. The molecule has 0 radical (unpaired) electrons. The minimum Gasteiger partial charge on any atom is -0.308 e. The third-order valence-corrected chi connectivity index (χ3v) is 5.17. The number of hydrogen-bond acceptors (Lipinski definition) is 3. The van der Waals surface area contributed by atoms with Gasteiger partial charge in [0.1, 0.15) is 5.01 Å². The number of thiazole rings is 1. The Morgan fingerprint density at radius 1 is 1.21 bits per heavy atom. The molecule has 0 saturated heterocycles. The van der Waals surface area contributed by atoms with Crippen LogP contribution < -0.4 is 5.32 Å². The van der Waals surface area contributed by atoms with Crippen LogP contribution in [-0.2, 0) is 6.54 Å².